The summed E-state index contributed by atoms with van der Waals surface area (Å²) in [5.74, 6) is 0.668. The first-order valence-electron chi connectivity index (χ1n) is 20.3. The minimum absolute atomic E-state index is 0.668. The molecule has 0 bridgehead atoms. The van der Waals surface area contributed by atoms with Gasteiger partial charge in [-0.25, -0.2) is 9.97 Å². The molecular formula is C55H34N4. The molecule has 1 aliphatic carbocycles. The standard InChI is InChI=1S/C55H34N4/c1-4-15-34(16-5-1)43-33-44(35-17-6-2-7-18-35)54-51(43)42-24-14-23-40-46-32-38(28-30-50(46)59(54)53(40)42)37-27-29-49-45(31-37)39-21-11-13-26-48(39)58(49)55-56-47-25-12-10-22-41(47)52(57-55)36-19-8-3-9-20-36/h1-32H,33H2. The van der Waals surface area contributed by atoms with Crippen LogP contribution in [0.4, 0.5) is 0 Å². The summed E-state index contributed by atoms with van der Waals surface area (Å²) in [7, 11) is 0. The summed E-state index contributed by atoms with van der Waals surface area (Å²) in [6, 6.07) is 70.0. The first kappa shape index (κ1) is 32.3. The highest BCUT2D eigenvalue weighted by Gasteiger charge is 2.26. The molecule has 0 saturated carbocycles. The van der Waals surface area contributed by atoms with Crippen LogP contribution in [0.5, 0.6) is 0 Å². The van der Waals surface area contributed by atoms with Gasteiger partial charge in [0.05, 0.1) is 38.6 Å². The second-order valence-corrected chi connectivity index (χ2v) is 15.7. The second kappa shape index (κ2) is 12.3. The van der Waals surface area contributed by atoms with Crippen LogP contribution in [0.1, 0.15) is 17.5 Å². The minimum atomic E-state index is 0.668. The van der Waals surface area contributed by atoms with Gasteiger partial charge in [0.25, 0.3) is 0 Å². The van der Waals surface area contributed by atoms with Gasteiger partial charge >= 0.3 is 0 Å². The largest absolute Gasteiger partial charge is 0.308 e. The molecule has 4 aromatic heterocycles. The smallest absolute Gasteiger partial charge is 0.235 e. The van der Waals surface area contributed by atoms with E-state index < -0.39 is 0 Å². The maximum Gasteiger partial charge on any atom is 0.235 e. The van der Waals surface area contributed by atoms with E-state index >= 15 is 0 Å². The van der Waals surface area contributed by atoms with E-state index in [1.54, 1.807) is 0 Å². The number of nitrogens with zero attached hydrogens (tertiary/aromatic N) is 4. The third kappa shape index (κ3) is 4.66. The fourth-order valence-electron chi connectivity index (χ4n) is 9.97. The van der Waals surface area contributed by atoms with Gasteiger partial charge in [0, 0.05) is 49.5 Å². The van der Waals surface area contributed by atoms with Gasteiger partial charge in [0.2, 0.25) is 5.95 Å². The number of fused-ring (bicyclic) bond motifs is 10. The molecule has 4 nitrogen and oxygen atoms in total. The first-order valence-corrected chi connectivity index (χ1v) is 20.3. The number of hydrogen-bond acceptors (Lipinski definition) is 2. The normalized spacial score (nSPS) is 12.9. The van der Waals surface area contributed by atoms with E-state index in [0.29, 0.717) is 5.95 Å². The van der Waals surface area contributed by atoms with E-state index in [4.69, 9.17) is 9.97 Å². The van der Waals surface area contributed by atoms with E-state index in [1.165, 1.54) is 81.9 Å². The number of para-hydroxylation sites is 3. The molecular weight excluding hydrogens is 717 g/mol. The van der Waals surface area contributed by atoms with E-state index in [1.807, 2.05) is 12.1 Å². The second-order valence-electron chi connectivity index (χ2n) is 15.7. The molecule has 0 atom stereocenters. The van der Waals surface area contributed by atoms with Gasteiger partial charge in [0.15, 0.2) is 0 Å². The third-order valence-corrected chi connectivity index (χ3v) is 12.5. The van der Waals surface area contributed by atoms with Gasteiger partial charge in [-0.05, 0) is 69.8 Å². The average molecular weight is 751 g/mol. The third-order valence-electron chi connectivity index (χ3n) is 12.5. The summed E-state index contributed by atoms with van der Waals surface area (Å²) in [4.78, 5) is 10.5. The highest BCUT2D eigenvalue weighted by Crippen LogP contribution is 2.39. The van der Waals surface area contributed by atoms with Crippen LogP contribution in [0.15, 0.2) is 194 Å². The lowest BCUT2D eigenvalue weighted by Gasteiger charge is -2.12. The van der Waals surface area contributed by atoms with Crippen molar-refractivity contribution in [3.8, 4) is 28.3 Å². The maximum absolute atomic E-state index is 5.28. The van der Waals surface area contributed by atoms with Gasteiger partial charge in [-0.3, -0.25) is 4.57 Å². The SMILES string of the molecule is c1ccc(C2=c3c(n4c5ccc(-c6ccc7c(c6)c6ccccc6n7-c6nc(-c7ccccc7)c7ccccc7n6)cc5c5cccc3c54)=C(c3ccccc3)C2)cc1. The molecule has 0 spiro atoms. The number of benzene rings is 8. The zero-order valence-electron chi connectivity index (χ0n) is 32.0. The summed E-state index contributed by atoms with van der Waals surface area (Å²) in [5.41, 5.74) is 15.4. The van der Waals surface area contributed by atoms with Crippen LogP contribution in [-0.4, -0.2) is 18.9 Å². The predicted molar refractivity (Wildman–Crippen MR) is 244 cm³/mol. The summed E-state index contributed by atoms with van der Waals surface area (Å²) >= 11 is 0. The molecule has 4 heteroatoms. The Labute approximate surface area is 339 Å². The molecule has 0 fully saturated rings. The van der Waals surface area contributed by atoms with Crippen molar-refractivity contribution in [2.24, 2.45) is 0 Å². The molecule has 0 saturated heterocycles. The van der Waals surface area contributed by atoms with Crippen LogP contribution in [0.2, 0.25) is 0 Å². The molecule has 12 aromatic rings. The predicted octanol–water partition coefficient (Wildman–Crippen LogP) is 11.9. The number of hydrogen-bond donors (Lipinski definition) is 0. The fraction of sp³-hybridized carbons (Fsp3) is 0.0182. The maximum atomic E-state index is 5.28. The lowest BCUT2D eigenvalue weighted by Crippen LogP contribution is -2.26. The highest BCUT2D eigenvalue weighted by molar-refractivity contribution is 6.17. The Bertz CT molecular complexity index is 3780. The Morgan fingerprint density at radius 3 is 1.68 bits per heavy atom. The van der Waals surface area contributed by atoms with Crippen molar-refractivity contribution < 1.29 is 0 Å². The molecule has 8 aromatic carbocycles. The first-order chi connectivity index (χ1) is 29.3. The van der Waals surface area contributed by atoms with Crippen molar-refractivity contribution in [3.63, 3.8) is 0 Å². The van der Waals surface area contributed by atoms with E-state index in [-0.39, 0.29) is 0 Å². The molecule has 0 aliphatic heterocycles. The summed E-state index contributed by atoms with van der Waals surface area (Å²) in [6.45, 7) is 0. The Morgan fingerprint density at radius 1 is 0.373 bits per heavy atom. The van der Waals surface area contributed by atoms with Crippen molar-refractivity contribution >= 4 is 71.0 Å². The fourth-order valence-corrected chi connectivity index (χ4v) is 9.97. The van der Waals surface area contributed by atoms with Crippen LogP contribution in [-0.2, 0) is 0 Å². The van der Waals surface area contributed by atoms with E-state index in [2.05, 4.69) is 191 Å². The van der Waals surface area contributed by atoms with Crippen molar-refractivity contribution in [2.75, 3.05) is 0 Å². The van der Waals surface area contributed by atoms with Crippen LogP contribution in [0.25, 0.3) is 99.4 Å². The molecule has 13 rings (SSSR count). The zero-order valence-corrected chi connectivity index (χ0v) is 32.0. The molecule has 1 aliphatic rings. The van der Waals surface area contributed by atoms with Crippen molar-refractivity contribution in [1.29, 1.82) is 0 Å². The van der Waals surface area contributed by atoms with Gasteiger partial charge < -0.3 is 4.40 Å². The highest BCUT2D eigenvalue weighted by atomic mass is 15.2. The lowest BCUT2D eigenvalue weighted by atomic mass is 9.97. The molecule has 0 amide bonds. The van der Waals surface area contributed by atoms with Crippen LogP contribution in [0.3, 0.4) is 0 Å². The minimum Gasteiger partial charge on any atom is -0.308 e. The Hall–Kier alpha value is -7.82. The molecule has 0 radical (unpaired) electrons. The van der Waals surface area contributed by atoms with Crippen molar-refractivity contribution in [3.05, 3.63) is 216 Å². The lowest BCUT2D eigenvalue weighted by molar-refractivity contribution is 1.01. The molecule has 274 valence electrons. The van der Waals surface area contributed by atoms with E-state index in [0.717, 1.165) is 39.6 Å². The van der Waals surface area contributed by atoms with Crippen LogP contribution < -0.4 is 10.6 Å². The average Bonchev–Trinajstić information content (AvgIpc) is 4.05. The number of rotatable bonds is 5. The molecule has 0 unspecified atom stereocenters. The Morgan fingerprint density at radius 2 is 0.932 bits per heavy atom. The van der Waals surface area contributed by atoms with Gasteiger partial charge in [0.1, 0.15) is 0 Å². The quantitative estimate of drug-likeness (QED) is 0.176. The van der Waals surface area contributed by atoms with Crippen molar-refractivity contribution in [1.82, 2.24) is 18.9 Å². The Balaban J connectivity index is 1.03. The monoisotopic (exact) mass is 750 g/mol. The zero-order chi connectivity index (χ0) is 38.6. The molecule has 0 N–H and O–H groups in total. The topological polar surface area (TPSA) is 35.1 Å². The van der Waals surface area contributed by atoms with Crippen LogP contribution in [0, 0.1) is 0 Å². The Kier molecular flexibility index (Phi) is 6.75. The van der Waals surface area contributed by atoms with Gasteiger partial charge in [-0.15, -0.1) is 0 Å². The van der Waals surface area contributed by atoms with Gasteiger partial charge in [-0.2, -0.15) is 0 Å². The summed E-state index contributed by atoms with van der Waals surface area (Å²) < 4.78 is 4.79. The summed E-state index contributed by atoms with van der Waals surface area (Å²) in [5, 5.41) is 9.96. The molecule has 59 heavy (non-hydrogen) atoms. The van der Waals surface area contributed by atoms with Gasteiger partial charge in [-0.1, -0.05) is 158 Å². The van der Waals surface area contributed by atoms with Crippen LogP contribution >= 0.6 is 0 Å². The van der Waals surface area contributed by atoms with Crippen molar-refractivity contribution in [2.45, 2.75) is 6.42 Å². The number of aromatic nitrogens is 4. The summed E-state index contributed by atoms with van der Waals surface area (Å²) in [6.07, 6.45) is 0.901. The molecule has 4 heterocycles. The van der Waals surface area contributed by atoms with E-state index in [9.17, 15) is 0 Å².